The SMILES string of the molecule is CNc1ncc(CCc2c(C)cc(C)cc2C)o1. The lowest BCUT2D eigenvalue weighted by atomic mass is 9.96. The van der Waals surface area contributed by atoms with Gasteiger partial charge in [-0.15, -0.1) is 0 Å². The van der Waals surface area contributed by atoms with Crippen molar-refractivity contribution in [3.8, 4) is 0 Å². The second kappa shape index (κ2) is 5.25. The maximum Gasteiger partial charge on any atom is 0.294 e. The maximum absolute atomic E-state index is 5.54. The van der Waals surface area contributed by atoms with Crippen molar-refractivity contribution in [3.05, 3.63) is 46.3 Å². The molecular weight excluding hydrogens is 224 g/mol. The first-order valence-electron chi connectivity index (χ1n) is 6.29. The molecule has 0 saturated heterocycles. The highest BCUT2D eigenvalue weighted by molar-refractivity contribution is 5.37. The summed E-state index contributed by atoms with van der Waals surface area (Å²) < 4.78 is 5.54. The molecule has 0 unspecified atom stereocenters. The molecule has 0 fully saturated rings. The van der Waals surface area contributed by atoms with E-state index in [1.165, 1.54) is 22.3 Å². The van der Waals surface area contributed by atoms with Gasteiger partial charge in [0, 0.05) is 13.5 Å². The number of nitrogens with one attached hydrogen (secondary N) is 1. The van der Waals surface area contributed by atoms with Gasteiger partial charge in [0.25, 0.3) is 6.01 Å². The summed E-state index contributed by atoms with van der Waals surface area (Å²) in [4.78, 5) is 4.13. The van der Waals surface area contributed by atoms with Crippen LogP contribution < -0.4 is 5.32 Å². The molecule has 0 aliphatic carbocycles. The third-order valence-corrected chi connectivity index (χ3v) is 3.23. The Bertz CT molecular complexity index is 520. The molecule has 96 valence electrons. The fourth-order valence-corrected chi connectivity index (χ4v) is 2.39. The molecule has 0 radical (unpaired) electrons. The first-order chi connectivity index (χ1) is 8.60. The first-order valence-corrected chi connectivity index (χ1v) is 6.29. The Morgan fingerprint density at radius 2 is 1.78 bits per heavy atom. The highest BCUT2D eigenvalue weighted by Crippen LogP contribution is 2.19. The summed E-state index contributed by atoms with van der Waals surface area (Å²) in [6, 6.07) is 5.06. The second-order valence-electron chi connectivity index (χ2n) is 4.76. The number of anilines is 1. The van der Waals surface area contributed by atoms with Gasteiger partial charge in [-0.05, 0) is 43.9 Å². The Balaban J connectivity index is 2.10. The molecule has 1 heterocycles. The van der Waals surface area contributed by atoms with Gasteiger partial charge in [-0.3, -0.25) is 0 Å². The van der Waals surface area contributed by atoms with Crippen LogP contribution in [-0.2, 0) is 12.8 Å². The van der Waals surface area contributed by atoms with Gasteiger partial charge >= 0.3 is 0 Å². The van der Waals surface area contributed by atoms with Crippen LogP contribution in [0, 0.1) is 20.8 Å². The minimum absolute atomic E-state index is 0.586. The molecule has 1 aromatic carbocycles. The number of hydrogen-bond donors (Lipinski definition) is 1. The Morgan fingerprint density at radius 3 is 2.33 bits per heavy atom. The molecular formula is C15H20N2O. The molecule has 1 N–H and O–H groups in total. The van der Waals surface area contributed by atoms with Gasteiger partial charge in [0.15, 0.2) is 0 Å². The van der Waals surface area contributed by atoms with E-state index in [1.54, 1.807) is 6.20 Å². The van der Waals surface area contributed by atoms with Crippen LogP contribution in [0.25, 0.3) is 0 Å². The Morgan fingerprint density at radius 1 is 1.11 bits per heavy atom. The van der Waals surface area contributed by atoms with Crippen LogP contribution in [0.4, 0.5) is 6.01 Å². The smallest absolute Gasteiger partial charge is 0.294 e. The Kier molecular flexibility index (Phi) is 3.70. The number of nitrogens with zero attached hydrogens (tertiary/aromatic N) is 1. The minimum Gasteiger partial charge on any atom is -0.429 e. The van der Waals surface area contributed by atoms with E-state index in [2.05, 4.69) is 43.2 Å². The van der Waals surface area contributed by atoms with Crippen molar-refractivity contribution in [1.82, 2.24) is 4.98 Å². The summed E-state index contributed by atoms with van der Waals surface area (Å²) in [5.74, 6) is 0.929. The summed E-state index contributed by atoms with van der Waals surface area (Å²) >= 11 is 0. The zero-order valence-electron chi connectivity index (χ0n) is 11.5. The van der Waals surface area contributed by atoms with Gasteiger partial charge in [-0.25, -0.2) is 4.98 Å². The standard InChI is InChI=1S/C15H20N2O/c1-10-7-11(2)14(12(3)8-10)6-5-13-9-17-15(16-4)18-13/h7-9H,5-6H2,1-4H3,(H,16,17). The molecule has 0 aliphatic rings. The van der Waals surface area contributed by atoms with Gasteiger partial charge in [-0.2, -0.15) is 0 Å². The van der Waals surface area contributed by atoms with Crippen molar-refractivity contribution in [2.24, 2.45) is 0 Å². The van der Waals surface area contributed by atoms with Crippen LogP contribution >= 0.6 is 0 Å². The Labute approximate surface area is 108 Å². The van der Waals surface area contributed by atoms with Gasteiger partial charge in [0.05, 0.1) is 6.20 Å². The number of aromatic nitrogens is 1. The van der Waals surface area contributed by atoms with Gasteiger partial charge < -0.3 is 9.73 Å². The molecule has 3 heteroatoms. The maximum atomic E-state index is 5.54. The molecule has 2 rings (SSSR count). The van der Waals surface area contributed by atoms with E-state index in [0.29, 0.717) is 6.01 Å². The molecule has 18 heavy (non-hydrogen) atoms. The highest BCUT2D eigenvalue weighted by atomic mass is 16.4. The molecule has 0 bridgehead atoms. The van der Waals surface area contributed by atoms with Gasteiger partial charge in [-0.1, -0.05) is 17.7 Å². The molecule has 0 saturated carbocycles. The summed E-state index contributed by atoms with van der Waals surface area (Å²) in [6.45, 7) is 6.49. The fraction of sp³-hybridized carbons (Fsp3) is 0.400. The quantitative estimate of drug-likeness (QED) is 0.895. The van der Waals surface area contributed by atoms with Crippen LogP contribution in [0.5, 0.6) is 0 Å². The number of aryl methyl sites for hydroxylation is 4. The van der Waals surface area contributed by atoms with Crippen LogP contribution in [0.1, 0.15) is 28.0 Å². The molecule has 0 amide bonds. The van der Waals surface area contributed by atoms with Crippen molar-refractivity contribution in [3.63, 3.8) is 0 Å². The van der Waals surface area contributed by atoms with Crippen molar-refractivity contribution < 1.29 is 4.42 Å². The van der Waals surface area contributed by atoms with Crippen molar-refractivity contribution in [1.29, 1.82) is 0 Å². The van der Waals surface area contributed by atoms with E-state index in [9.17, 15) is 0 Å². The first kappa shape index (κ1) is 12.7. The summed E-state index contributed by atoms with van der Waals surface area (Å²) in [5, 5.41) is 2.90. The highest BCUT2D eigenvalue weighted by Gasteiger charge is 2.07. The second-order valence-corrected chi connectivity index (χ2v) is 4.76. The summed E-state index contributed by atoms with van der Waals surface area (Å²) in [7, 11) is 1.81. The third kappa shape index (κ3) is 2.73. The van der Waals surface area contributed by atoms with E-state index in [1.807, 2.05) is 7.05 Å². The molecule has 1 aromatic heterocycles. The van der Waals surface area contributed by atoms with Crippen molar-refractivity contribution in [2.75, 3.05) is 12.4 Å². The van der Waals surface area contributed by atoms with Crippen molar-refractivity contribution in [2.45, 2.75) is 33.6 Å². The van der Waals surface area contributed by atoms with E-state index < -0.39 is 0 Å². The van der Waals surface area contributed by atoms with Crippen LogP contribution in [0.3, 0.4) is 0 Å². The number of benzene rings is 1. The van der Waals surface area contributed by atoms with Gasteiger partial charge in [0.2, 0.25) is 0 Å². The number of hydrogen-bond acceptors (Lipinski definition) is 3. The average molecular weight is 244 g/mol. The van der Waals surface area contributed by atoms with E-state index in [4.69, 9.17) is 4.42 Å². The zero-order chi connectivity index (χ0) is 13.1. The molecule has 3 nitrogen and oxygen atoms in total. The number of rotatable bonds is 4. The predicted molar refractivity (Wildman–Crippen MR) is 74.1 cm³/mol. The molecule has 2 aromatic rings. The van der Waals surface area contributed by atoms with Crippen molar-refractivity contribution >= 4 is 6.01 Å². The van der Waals surface area contributed by atoms with E-state index in [-0.39, 0.29) is 0 Å². The normalized spacial score (nSPS) is 10.7. The summed E-state index contributed by atoms with van der Waals surface area (Å²) in [6.07, 6.45) is 3.68. The van der Waals surface area contributed by atoms with E-state index >= 15 is 0 Å². The zero-order valence-corrected chi connectivity index (χ0v) is 11.5. The Hall–Kier alpha value is -1.77. The summed E-state index contributed by atoms with van der Waals surface area (Å²) in [5.41, 5.74) is 5.47. The van der Waals surface area contributed by atoms with Crippen LogP contribution in [0.15, 0.2) is 22.7 Å². The topological polar surface area (TPSA) is 38.1 Å². The van der Waals surface area contributed by atoms with Crippen LogP contribution in [0.2, 0.25) is 0 Å². The predicted octanol–water partition coefficient (Wildman–Crippen LogP) is 3.43. The monoisotopic (exact) mass is 244 g/mol. The fourth-order valence-electron chi connectivity index (χ4n) is 2.39. The van der Waals surface area contributed by atoms with Gasteiger partial charge in [0.1, 0.15) is 5.76 Å². The molecule has 0 aliphatic heterocycles. The average Bonchev–Trinajstić information content (AvgIpc) is 2.75. The third-order valence-electron chi connectivity index (χ3n) is 3.23. The molecule has 0 spiro atoms. The lowest BCUT2D eigenvalue weighted by Gasteiger charge is -2.10. The lowest BCUT2D eigenvalue weighted by molar-refractivity contribution is 0.518. The lowest BCUT2D eigenvalue weighted by Crippen LogP contribution is -1.97. The van der Waals surface area contributed by atoms with Crippen LogP contribution in [-0.4, -0.2) is 12.0 Å². The minimum atomic E-state index is 0.586. The number of oxazole rings is 1. The largest absolute Gasteiger partial charge is 0.429 e. The molecule has 0 atom stereocenters. The van der Waals surface area contributed by atoms with E-state index in [0.717, 1.165) is 18.6 Å².